The summed E-state index contributed by atoms with van der Waals surface area (Å²) in [7, 11) is 2.64. The van der Waals surface area contributed by atoms with E-state index in [9.17, 15) is 24.3 Å². The quantitative estimate of drug-likeness (QED) is 0.211. The molecule has 4 rings (SSSR count). The van der Waals surface area contributed by atoms with Crippen LogP contribution in [0.15, 0.2) is 60.9 Å². The number of rotatable bonds is 9. The minimum absolute atomic E-state index is 0.00135. The van der Waals surface area contributed by atoms with E-state index in [4.69, 9.17) is 19.0 Å². The Labute approximate surface area is 246 Å². The van der Waals surface area contributed by atoms with Crippen LogP contribution in [0.4, 0.5) is 9.18 Å². The van der Waals surface area contributed by atoms with Crippen LogP contribution in [0.5, 0.6) is 11.5 Å². The normalized spacial score (nSPS) is 18.2. The molecule has 2 heterocycles. The second-order valence-corrected chi connectivity index (χ2v) is 9.77. The van der Waals surface area contributed by atoms with Gasteiger partial charge in [-0.3, -0.25) is 19.4 Å². The van der Waals surface area contributed by atoms with Crippen molar-refractivity contribution in [3.8, 4) is 11.5 Å². The van der Waals surface area contributed by atoms with E-state index in [0.717, 1.165) is 0 Å². The molecule has 0 spiro atoms. The van der Waals surface area contributed by atoms with Gasteiger partial charge in [0.1, 0.15) is 17.9 Å². The van der Waals surface area contributed by atoms with Crippen LogP contribution >= 0.6 is 0 Å². The number of ether oxygens (including phenoxy) is 3. The highest BCUT2D eigenvalue weighted by molar-refractivity contribution is 6.11. The van der Waals surface area contributed by atoms with Gasteiger partial charge in [-0.15, -0.1) is 0 Å². The summed E-state index contributed by atoms with van der Waals surface area (Å²) < 4.78 is 29.3. The van der Waals surface area contributed by atoms with Crippen molar-refractivity contribution in [3.63, 3.8) is 0 Å². The van der Waals surface area contributed by atoms with Gasteiger partial charge in [0.15, 0.2) is 30.7 Å². The lowest BCUT2D eigenvalue weighted by molar-refractivity contribution is -1.03. The summed E-state index contributed by atoms with van der Waals surface area (Å²) >= 11 is 0. The van der Waals surface area contributed by atoms with Gasteiger partial charge in [-0.1, -0.05) is 12.1 Å². The molecule has 2 N–H and O–H groups in total. The number of nitrogens with one attached hydrogen (secondary N) is 1. The van der Waals surface area contributed by atoms with Crippen LogP contribution < -0.4 is 14.8 Å². The number of hydrogen-bond acceptors (Lipinski definition) is 9. The molecule has 226 valence electrons. The number of likely N-dealkylation sites (tertiary alicyclic amines) is 1. The zero-order valence-corrected chi connectivity index (χ0v) is 23.6. The molecular formula is C30H31FN3O9+. The lowest BCUT2D eigenvalue weighted by atomic mass is 10.00. The van der Waals surface area contributed by atoms with Crippen LogP contribution in [0.3, 0.4) is 0 Å². The third-order valence-corrected chi connectivity index (χ3v) is 6.95. The zero-order valence-electron chi connectivity index (χ0n) is 23.6. The molecule has 3 aromatic rings. The molecule has 1 aliphatic rings. The Balaban J connectivity index is 1.53. The first kappa shape index (κ1) is 31.1. The Morgan fingerprint density at radius 1 is 0.953 bits per heavy atom. The predicted octanol–water partition coefficient (Wildman–Crippen LogP) is 3.99. The number of methoxy groups -OCH3 is 2. The molecule has 1 aliphatic heterocycles. The maximum absolute atomic E-state index is 15.1. The molecule has 2 atom stereocenters. The third-order valence-electron chi connectivity index (χ3n) is 6.95. The summed E-state index contributed by atoms with van der Waals surface area (Å²) in [5.41, 5.74) is -0.0160. The SMILES string of the molecule is COCOc1ccc(OC)c(F)c1C(=O)c1ccc(C(=O)O[N+]2(C(=O)O)CCCCC(NC(=O)c3ccncc3)C2)cc1. The molecule has 1 fully saturated rings. The van der Waals surface area contributed by atoms with Crippen LogP contribution in [-0.4, -0.2) is 78.6 Å². The van der Waals surface area contributed by atoms with Crippen molar-refractivity contribution in [1.29, 1.82) is 0 Å². The maximum Gasteiger partial charge on any atom is 0.556 e. The average molecular weight is 597 g/mol. The van der Waals surface area contributed by atoms with E-state index in [-0.39, 0.29) is 48.1 Å². The summed E-state index contributed by atoms with van der Waals surface area (Å²) in [6.07, 6.45) is 3.11. The number of pyridine rings is 1. The van der Waals surface area contributed by atoms with E-state index in [1.54, 1.807) is 0 Å². The molecule has 12 nitrogen and oxygen atoms in total. The number of amides is 2. The minimum Gasteiger partial charge on any atom is -0.494 e. The fourth-order valence-corrected chi connectivity index (χ4v) is 4.75. The van der Waals surface area contributed by atoms with Crippen molar-refractivity contribution in [2.45, 2.75) is 25.3 Å². The van der Waals surface area contributed by atoms with Crippen molar-refractivity contribution < 1.29 is 52.4 Å². The van der Waals surface area contributed by atoms with Gasteiger partial charge >= 0.3 is 12.1 Å². The molecule has 2 amide bonds. The fourth-order valence-electron chi connectivity index (χ4n) is 4.75. The van der Waals surface area contributed by atoms with E-state index in [1.165, 1.54) is 75.1 Å². The molecular weight excluding hydrogens is 565 g/mol. The largest absolute Gasteiger partial charge is 0.556 e. The van der Waals surface area contributed by atoms with Gasteiger partial charge in [0, 0.05) is 37.1 Å². The van der Waals surface area contributed by atoms with Crippen molar-refractivity contribution in [3.05, 3.63) is 89.0 Å². The number of aromatic nitrogens is 1. The Kier molecular flexibility index (Phi) is 10.0. The number of halogens is 1. The molecule has 0 saturated carbocycles. The van der Waals surface area contributed by atoms with Crippen LogP contribution in [0.25, 0.3) is 0 Å². The maximum atomic E-state index is 15.1. The molecule has 0 aliphatic carbocycles. The van der Waals surface area contributed by atoms with Crippen molar-refractivity contribution in [1.82, 2.24) is 10.3 Å². The summed E-state index contributed by atoms with van der Waals surface area (Å²) in [6.45, 7) is -0.416. The Bertz CT molecular complexity index is 1480. The second kappa shape index (κ2) is 13.9. The second-order valence-electron chi connectivity index (χ2n) is 9.77. The molecule has 43 heavy (non-hydrogen) atoms. The number of nitrogens with zero attached hydrogens (tertiary/aromatic N) is 2. The molecule has 1 aromatic heterocycles. The molecule has 0 radical (unpaired) electrons. The highest BCUT2D eigenvalue weighted by Crippen LogP contribution is 2.31. The molecule has 0 bridgehead atoms. The van der Waals surface area contributed by atoms with Gasteiger partial charge in [0.05, 0.1) is 18.7 Å². The van der Waals surface area contributed by atoms with Gasteiger partial charge in [0.2, 0.25) is 0 Å². The molecule has 2 aromatic carbocycles. The highest BCUT2D eigenvalue weighted by atomic mass is 19.1. The number of ketones is 1. The Hall–Kier alpha value is -4.88. The van der Waals surface area contributed by atoms with Gasteiger partial charge in [0.25, 0.3) is 5.91 Å². The smallest absolute Gasteiger partial charge is 0.494 e. The average Bonchev–Trinajstić information content (AvgIpc) is 3.22. The predicted molar refractivity (Wildman–Crippen MR) is 148 cm³/mol. The van der Waals surface area contributed by atoms with E-state index in [2.05, 4.69) is 10.3 Å². The number of hydrogen-bond donors (Lipinski definition) is 2. The molecule has 1 saturated heterocycles. The van der Waals surface area contributed by atoms with Gasteiger partial charge in [-0.2, -0.15) is 4.79 Å². The Morgan fingerprint density at radius 3 is 2.28 bits per heavy atom. The van der Waals surface area contributed by atoms with Gasteiger partial charge in [-0.25, -0.2) is 9.18 Å². The Morgan fingerprint density at radius 2 is 1.63 bits per heavy atom. The standard InChI is InChI=1S/C30H30FN3O9/c1-40-18-42-23-10-11-24(41-2)26(31)25(23)27(35)19-6-8-21(9-7-19)29(37)43-34(30(38)39)16-4-3-5-22(17-34)33-28(36)20-12-14-32-15-13-20/h6-15,22H,3-5,16-18H2,1-2H3,(H-,33,36,38,39)/p+1. The van der Waals surface area contributed by atoms with Crippen molar-refractivity contribution >= 4 is 23.8 Å². The number of carboxylic acid groups (broad SMARTS) is 1. The minimum atomic E-state index is -1.39. The van der Waals surface area contributed by atoms with Crippen molar-refractivity contribution in [2.24, 2.45) is 0 Å². The fraction of sp³-hybridized carbons (Fsp3) is 0.300. The summed E-state index contributed by atoms with van der Waals surface area (Å²) in [6, 6.07) is 10.3. The summed E-state index contributed by atoms with van der Waals surface area (Å²) in [5, 5.41) is 13.0. The first-order valence-corrected chi connectivity index (χ1v) is 13.4. The van der Waals surface area contributed by atoms with Crippen LogP contribution in [0, 0.1) is 5.82 Å². The van der Waals surface area contributed by atoms with Gasteiger partial charge < -0.3 is 24.6 Å². The summed E-state index contributed by atoms with van der Waals surface area (Å²) in [4.78, 5) is 61.0. The molecule has 2 unspecified atom stereocenters. The first-order chi connectivity index (χ1) is 20.7. The van der Waals surface area contributed by atoms with Crippen molar-refractivity contribution in [2.75, 3.05) is 34.1 Å². The zero-order chi connectivity index (χ0) is 31.0. The number of hydroxylamine groups is 3. The van der Waals surface area contributed by atoms with E-state index >= 15 is 4.39 Å². The monoisotopic (exact) mass is 596 g/mol. The summed E-state index contributed by atoms with van der Waals surface area (Å²) in [5.74, 6) is -3.23. The van der Waals surface area contributed by atoms with Crippen LogP contribution in [0.1, 0.15) is 55.9 Å². The first-order valence-electron chi connectivity index (χ1n) is 13.4. The number of benzene rings is 2. The topological polar surface area (TPSA) is 150 Å². The van der Waals surface area contributed by atoms with E-state index < -0.39 is 40.3 Å². The van der Waals surface area contributed by atoms with E-state index in [1.807, 2.05) is 0 Å². The van der Waals surface area contributed by atoms with Crippen LogP contribution in [0.2, 0.25) is 0 Å². The third kappa shape index (κ3) is 7.13. The number of quaternary nitrogens is 1. The number of carbonyl (C=O) groups excluding carboxylic acids is 3. The number of carbonyl (C=O) groups is 4. The lowest BCUT2D eigenvalue weighted by Crippen LogP contribution is -2.58. The highest BCUT2D eigenvalue weighted by Gasteiger charge is 2.46. The lowest BCUT2D eigenvalue weighted by Gasteiger charge is -2.30. The van der Waals surface area contributed by atoms with Gasteiger partial charge in [-0.05, 0) is 53.9 Å². The molecule has 13 heteroatoms. The van der Waals surface area contributed by atoms with E-state index in [0.29, 0.717) is 24.8 Å². The van der Waals surface area contributed by atoms with Crippen LogP contribution in [-0.2, 0) is 9.57 Å².